The molecule has 1 fully saturated rings. The molecule has 0 N–H and O–H groups in total. The Balaban J connectivity index is 1.40. The molecular formula is C27H23F2N3O. The molecule has 6 heteroatoms. The van der Waals surface area contributed by atoms with Gasteiger partial charge in [-0.2, -0.15) is 5.10 Å². The van der Waals surface area contributed by atoms with Crippen LogP contribution < -0.4 is 0 Å². The predicted molar refractivity (Wildman–Crippen MR) is 124 cm³/mol. The van der Waals surface area contributed by atoms with Crippen LogP contribution in [0.3, 0.4) is 0 Å². The molecule has 0 radical (unpaired) electrons. The van der Waals surface area contributed by atoms with Crippen LogP contribution in [0.4, 0.5) is 8.78 Å². The Kier molecular flexibility index (Phi) is 5.73. The number of piperidine rings is 1. The van der Waals surface area contributed by atoms with Gasteiger partial charge in [0.25, 0.3) is 5.91 Å². The second-order valence-electron chi connectivity index (χ2n) is 8.22. The number of hydrogen-bond donors (Lipinski definition) is 0. The summed E-state index contributed by atoms with van der Waals surface area (Å²) in [5.74, 6) is -2.57. The summed E-state index contributed by atoms with van der Waals surface area (Å²) in [7, 11) is 0. The zero-order chi connectivity index (χ0) is 22.8. The van der Waals surface area contributed by atoms with E-state index in [0.717, 1.165) is 28.6 Å². The van der Waals surface area contributed by atoms with Crippen molar-refractivity contribution in [3.05, 3.63) is 102 Å². The van der Waals surface area contributed by atoms with Crippen molar-refractivity contribution in [1.29, 1.82) is 0 Å². The molecule has 1 aromatic heterocycles. The molecule has 33 heavy (non-hydrogen) atoms. The van der Waals surface area contributed by atoms with Gasteiger partial charge in [0, 0.05) is 18.7 Å². The molecule has 0 atom stereocenters. The molecule has 166 valence electrons. The normalized spacial score (nSPS) is 14.4. The van der Waals surface area contributed by atoms with Gasteiger partial charge in [0.15, 0.2) is 11.6 Å². The summed E-state index contributed by atoms with van der Waals surface area (Å²) in [5, 5.41) is 4.94. The second-order valence-corrected chi connectivity index (χ2v) is 8.22. The van der Waals surface area contributed by atoms with E-state index in [1.54, 1.807) is 4.90 Å². The predicted octanol–water partition coefficient (Wildman–Crippen LogP) is 5.97. The minimum absolute atomic E-state index is 0.0964. The van der Waals surface area contributed by atoms with Crippen LogP contribution in [0.15, 0.2) is 84.9 Å². The lowest BCUT2D eigenvalue weighted by Gasteiger charge is -2.33. The van der Waals surface area contributed by atoms with Crippen LogP contribution in [0.2, 0.25) is 0 Å². The molecular weight excluding hydrogens is 420 g/mol. The Morgan fingerprint density at radius 3 is 2.12 bits per heavy atom. The number of rotatable bonds is 4. The van der Waals surface area contributed by atoms with Crippen LogP contribution in [0, 0.1) is 11.6 Å². The zero-order valence-corrected chi connectivity index (χ0v) is 18.0. The highest BCUT2D eigenvalue weighted by Gasteiger charge is 2.28. The number of aromatic nitrogens is 2. The first kappa shape index (κ1) is 21.1. The van der Waals surface area contributed by atoms with E-state index in [4.69, 9.17) is 5.10 Å². The Bertz CT molecular complexity index is 1260. The van der Waals surface area contributed by atoms with Gasteiger partial charge < -0.3 is 4.90 Å². The van der Waals surface area contributed by atoms with Crippen molar-refractivity contribution in [2.75, 3.05) is 13.1 Å². The van der Waals surface area contributed by atoms with Gasteiger partial charge in [-0.1, -0.05) is 66.7 Å². The van der Waals surface area contributed by atoms with Crippen molar-refractivity contribution in [3.8, 4) is 22.5 Å². The number of benzene rings is 3. The Morgan fingerprint density at radius 2 is 1.45 bits per heavy atom. The van der Waals surface area contributed by atoms with E-state index < -0.39 is 17.5 Å². The maximum atomic E-state index is 14.1. The highest BCUT2D eigenvalue weighted by molar-refractivity contribution is 5.94. The fourth-order valence-corrected chi connectivity index (χ4v) is 4.40. The van der Waals surface area contributed by atoms with Gasteiger partial charge in [-0.3, -0.25) is 9.48 Å². The van der Waals surface area contributed by atoms with Gasteiger partial charge in [0.2, 0.25) is 0 Å². The van der Waals surface area contributed by atoms with Crippen LogP contribution in [-0.2, 0) is 0 Å². The van der Waals surface area contributed by atoms with Crippen LogP contribution >= 0.6 is 0 Å². The first-order valence-electron chi connectivity index (χ1n) is 11.1. The standard InChI is InChI=1S/C27H23F2N3O/c28-23-13-7-12-22(26(23)29)27(33)31-16-14-21(15-17-31)32-25(20-10-5-2-6-11-20)18-24(30-32)19-8-3-1-4-9-19/h1-13,18,21H,14-17H2. The molecule has 1 saturated heterocycles. The minimum Gasteiger partial charge on any atom is -0.338 e. The Morgan fingerprint density at radius 1 is 0.818 bits per heavy atom. The van der Waals surface area contributed by atoms with Crippen LogP contribution in [0.25, 0.3) is 22.5 Å². The summed E-state index contributed by atoms with van der Waals surface area (Å²) in [6, 6.07) is 26.1. The first-order chi connectivity index (χ1) is 16.1. The highest BCUT2D eigenvalue weighted by atomic mass is 19.2. The summed E-state index contributed by atoms with van der Waals surface area (Å²) in [6.07, 6.45) is 1.36. The first-order valence-corrected chi connectivity index (χ1v) is 11.1. The molecule has 0 bridgehead atoms. The molecule has 4 aromatic rings. The topological polar surface area (TPSA) is 38.1 Å². The third-order valence-corrected chi connectivity index (χ3v) is 6.15. The van der Waals surface area contributed by atoms with Gasteiger partial charge in [-0.25, -0.2) is 8.78 Å². The average molecular weight is 443 g/mol. The number of nitrogens with zero attached hydrogens (tertiary/aromatic N) is 3. The van der Waals surface area contributed by atoms with Gasteiger partial charge in [-0.05, 0) is 36.6 Å². The Hall–Kier alpha value is -3.80. The van der Waals surface area contributed by atoms with E-state index in [2.05, 4.69) is 22.9 Å². The van der Waals surface area contributed by atoms with Crippen molar-refractivity contribution in [2.24, 2.45) is 0 Å². The van der Waals surface area contributed by atoms with Crippen molar-refractivity contribution in [2.45, 2.75) is 18.9 Å². The van der Waals surface area contributed by atoms with Crippen molar-refractivity contribution < 1.29 is 13.6 Å². The summed E-state index contributed by atoms with van der Waals surface area (Å²) in [5.41, 5.74) is 3.82. The van der Waals surface area contributed by atoms with Crippen molar-refractivity contribution in [1.82, 2.24) is 14.7 Å². The summed E-state index contributed by atoms with van der Waals surface area (Å²) in [6.45, 7) is 0.905. The maximum Gasteiger partial charge on any atom is 0.256 e. The molecule has 0 saturated carbocycles. The number of likely N-dealkylation sites (tertiary alicyclic amines) is 1. The summed E-state index contributed by atoms with van der Waals surface area (Å²) >= 11 is 0. The van der Waals surface area contributed by atoms with Gasteiger partial charge >= 0.3 is 0 Å². The average Bonchev–Trinajstić information content (AvgIpc) is 3.32. The van der Waals surface area contributed by atoms with E-state index >= 15 is 0 Å². The number of hydrogen-bond acceptors (Lipinski definition) is 2. The lowest BCUT2D eigenvalue weighted by Crippen LogP contribution is -2.39. The minimum atomic E-state index is -1.09. The van der Waals surface area contributed by atoms with E-state index in [1.807, 2.05) is 48.5 Å². The quantitative estimate of drug-likeness (QED) is 0.390. The van der Waals surface area contributed by atoms with E-state index in [1.165, 1.54) is 12.1 Å². The fraction of sp³-hybridized carbons (Fsp3) is 0.185. The largest absolute Gasteiger partial charge is 0.338 e. The van der Waals surface area contributed by atoms with E-state index in [9.17, 15) is 13.6 Å². The molecule has 3 aromatic carbocycles. The maximum absolute atomic E-state index is 14.1. The number of carbonyl (C=O) groups excluding carboxylic acids is 1. The third-order valence-electron chi connectivity index (χ3n) is 6.15. The van der Waals surface area contributed by atoms with Crippen LogP contribution in [0.1, 0.15) is 29.2 Å². The lowest BCUT2D eigenvalue weighted by atomic mass is 10.0. The molecule has 5 rings (SSSR count). The van der Waals surface area contributed by atoms with Crippen molar-refractivity contribution in [3.63, 3.8) is 0 Å². The third kappa shape index (κ3) is 4.16. The SMILES string of the molecule is O=C(c1cccc(F)c1F)N1CCC(n2nc(-c3ccccc3)cc2-c2ccccc2)CC1. The molecule has 1 amide bonds. The van der Waals surface area contributed by atoms with E-state index in [0.29, 0.717) is 25.9 Å². The van der Waals surface area contributed by atoms with Gasteiger partial charge in [-0.15, -0.1) is 0 Å². The Labute approximate surface area is 191 Å². The molecule has 0 aliphatic carbocycles. The van der Waals surface area contributed by atoms with E-state index in [-0.39, 0.29) is 11.6 Å². The summed E-state index contributed by atoms with van der Waals surface area (Å²) < 4.78 is 29.8. The molecule has 1 aliphatic heterocycles. The molecule has 0 spiro atoms. The van der Waals surface area contributed by atoms with Gasteiger partial charge in [0.05, 0.1) is 23.0 Å². The van der Waals surface area contributed by atoms with Crippen LogP contribution in [0.5, 0.6) is 0 Å². The van der Waals surface area contributed by atoms with Crippen molar-refractivity contribution >= 4 is 5.91 Å². The number of carbonyl (C=O) groups is 1. The van der Waals surface area contributed by atoms with Crippen LogP contribution in [-0.4, -0.2) is 33.7 Å². The highest BCUT2D eigenvalue weighted by Crippen LogP contribution is 2.33. The fourth-order valence-electron chi connectivity index (χ4n) is 4.40. The molecule has 1 aliphatic rings. The zero-order valence-electron chi connectivity index (χ0n) is 18.0. The van der Waals surface area contributed by atoms with Gasteiger partial charge in [0.1, 0.15) is 0 Å². The molecule has 2 heterocycles. The monoisotopic (exact) mass is 443 g/mol. The smallest absolute Gasteiger partial charge is 0.256 e. The second kappa shape index (κ2) is 8.98. The number of amides is 1. The summed E-state index contributed by atoms with van der Waals surface area (Å²) in [4.78, 5) is 14.4. The lowest BCUT2D eigenvalue weighted by molar-refractivity contribution is 0.0685. The molecule has 0 unspecified atom stereocenters. The number of halogens is 2. The molecule has 4 nitrogen and oxygen atoms in total.